The highest BCUT2D eigenvalue weighted by Gasteiger charge is 2.60. The fourth-order valence-corrected chi connectivity index (χ4v) is 16.9. The van der Waals surface area contributed by atoms with E-state index < -0.39 is 7.22 Å². The van der Waals surface area contributed by atoms with Crippen molar-refractivity contribution in [1.82, 2.24) is 4.98 Å². The highest BCUT2D eigenvalue weighted by molar-refractivity contribution is 8.29. The first-order chi connectivity index (χ1) is 8.83. The number of aromatic nitrogens is 1. The minimum Gasteiger partial charge on any atom is -0.264 e. The third kappa shape index (κ3) is 3.14. The molecule has 1 rings (SSSR count). The summed E-state index contributed by atoms with van der Waals surface area (Å²) in [6.07, 6.45) is 3.88. The SMILES string of the molecule is CC(C)(C)[Si](Sc1cccnc1)(C(C)(C)C)C(C)(C)C. The van der Waals surface area contributed by atoms with E-state index in [1.165, 1.54) is 4.90 Å². The van der Waals surface area contributed by atoms with Crippen molar-refractivity contribution < 1.29 is 0 Å². The van der Waals surface area contributed by atoms with Crippen molar-refractivity contribution in [3.8, 4) is 0 Å². The van der Waals surface area contributed by atoms with Gasteiger partial charge in [0.2, 0.25) is 0 Å². The number of hydrogen-bond donors (Lipinski definition) is 0. The maximum absolute atomic E-state index is 4.32. The molecule has 1 heterocycles. The topological polar surface area (TPSA) is 12.9 Å². The zero-order chi connectivity index (χ0) is 15.8. The van der Waals surface area contributed by atoms with E-state index in [4.69, 9.17) is 0 Å². The van der Waals surface area contributed by atoms with Crippen molar-refractivity contribution in [3.63, 3.8) is 0 Å². The van der Waals surface area contributed by atoms with Crippen molar-refractivity contribution in [1.29, 1.82) is 0 Å². The van der Waals surface area contributed by atoms with Gasteiger partial charge in [-0.05, 0) is 27.2 Å². The van der Waals surface area contributed by atoms with Crippen molar-refractivity contribution >= 4 is 18.4 Å². The minimum absolute atomic E-state index is 0.310. The van der Waals surface area contributed by atoms with E-state index in [0.29, 0.717) is 15.1 Å². The van der Waals surface area contributed by atoms with E-state index in [0.717, 1.165) is 0 Å². The second kappa shape index (κ2) is 5.49. The van der Waals surface area contributed by atoms with Gasteiger partial charge < -0.3 is 0 Å². The van der Waals surface area contributed by atoms with Crippen molar-refractivity contribution in [2.45, 2.75) is 82.3 Å². The average Bonchev–Trinajstić information content (AvgIpc) is 2.22. The summed E-state index contributed by atoms with van der Waals surface area (Å²) >= 11 is 2.13. The predicted octanol–water partition coefficient (Wildman–Crippen LogP) is 6.52. The summed E-state index contributed by atoms with van der Waals surface area (Å²) in [4.78, 5) is 5.63. The molecule has 0 N–H and O–H groups in total. The molecule has 0 aliphatic rings. The van der Waals surface area contributed by atoms with Gasteiger partial charge in [0.15, 0.2) is 0 Å². The Kier molecular flexibility index (Phi) is 4.88. The van der Waals surface area contributed by atoms with Crippen LogP contribution < -0.4 is 0 Å². The Bertz CT molecular complexity index is 399. The molecular weight excluding hydrogens is 278 g/mol. The van der Waals surface area contributed by atoms with Crippen LogP contribution in [0, 0.1) is 0 Å². The number of rotatable bonds is 2. The standard InChI is InChI=1S/C17H31NSSi/c1-15(2,3)20(16(4,5)6,17(7,8)9)19-14-11-10-12-18-13-14/h10-13H,1-9H3. The molecule has 3 heteroatoms. The molecule has 0 saturated heterocycles. The normalized spacial score (nSPS) is 14.4. The van der Waals surface area contributed by atoms with Gasteiger partial charge in [-0.25, -0.2) is 0 Å². The van der Waals surface area contributed by atoms with Crippen LogP contribution in [0.25, 0.3) is 0 Å². The van der Waals surface area contributed by atoms with Crippen LogP contribution >= 0.6 is 11.2 Å². The molecule has 0 atom stereocenters. The van der Waals surface area contributed by atoms with Gasteiger partial charge >= 0.3 is 0 Å². The van der Waals surface area contributed by atoms with Crippen LogP contribution in [0.4, 0.5) is 0 Å². The van der Waals surface area contributed by atoms with E-state index in [9.17, 15) is 0 Å². The number of hydrogen-bond acceptors (Lipinski definition) is 2. The molecule has 0 radical (unpaired) electrons. The van der Waals surface area contributed by atoms with Gasteiger partial charge in [-0.1, -0.05) is 62.3 Å². The molecule has 0 aliphatic carbocycles. The molecule has 114 valence electrons. The molecule has 20 heavy (non-hydrogen) atoms. The highest BCUT2D eigenvalue weighted by atomic mass is 32.4. The molecular formula is C17H31NSSi. The molecule has 0 unspecified atom stereocenters. The number of pyridine rings is 1. The molecule has 0 bridgehead atoms. The third-order valence-electron chi connectivity index (χ3n) is 4.07. The van der Waals surface area contributed by atoms with Crippen LogP contribution in [0.15, 0.2) is 29.4 Å². The van der Waals surface area contributed by atoms with E-state index in [1.54, 1.807) is 0 Å². The summed E-state index contributed by atoms with van der Waals surface area (Å²) in [7, 11) is -1.76. The second-order valence-corrected chi connectivity index (χ2v) is 17.7. The van der Waals surface area contributed by atoms with Gasteiger partial charge in [0.05, 0.1) is 0 Å². The van der Waals surface area contributed by atoms with Crippen LogP contribution in [0.5, 0.6) is 0 Å². The van der Waals surface area contributed by atoms with Gasteiger partial charge in [-0.3, -0.25) is 4.98 Å². The highest BCUT2D eigenvalue weighted by Crippen LogP contribution is 2.68. The first-order valence-electron chi connectivity index (χ1n) is 7.42. The Morgan fingerprint density at radius 3 is 1.60 bits per heavy atom. The van der Waals surface area contributed by atoms with Gasteiger partial charge in [0, 0.05) is 17.3 Å². The van der Waals surface area contributed by atoms with Gasteiger partial charge in [-0.2, -0.15) is 0 Å². The van der Waals surface area contributed by atoms with Crippen LogP contribution in [-0.4, -0.2) is 12.2 Å². The fraction of sp³-hybridized carbons (Fsp3) is 0.706. The smallest absolute Gasteiger partial charge is 0.139 e. The summed E-state index contributed by atoms with van der Waals surface area (Å²) in [5.74, 6) is 0. The molecule has 1 aromatic rings. The Morgan fingerprint density at radius 2 is 1.30 bits per heavy atom. The van der Waals surface area contributed by atoms with Gasteiger partial charge in [0.25, 0.3) is 0 Å². The molecule has 0 aliphatic heterocycles. The van der Waals surface area contributed by atoms with E-state index in [-0.39, 0.29) is 0 Å². The lowest BCUT2D eigenvalue weighted by molar-refractivity contribution is 0.559. The summed E-state index contributed by atoms with van der Waals surface area (Å²) < 4.78 is 0. The quantitative estimate of drug-likeness (QED) is 0.577. The van der Waals surface area contributed by atoms with E-state index in [1.807, 2.05) is 12.4 Å². The summed E-state index contributed by atoms with van der Waals surface area (Å²) in [5.41, 5.74) is 0. The summed E-state index contributed by atoms with van der Waals surface area (Å²) in [6, 6.07) is 4.26. The maximum Gasteiger partial charge on any atom is 0.139 e. The fourth-order valence-electron chi connectivity index (χ4n) is 4.42. The Balaban J connectivity index is 3.48. The molecule has 0 fully saturated rings. The lowest BCUT2D eigenvalue weighted by Gasteiger charge is -2.58. The summed E-state index contributed by atoms with van der Waals surface area (Å²) in [6.45, 7) is 21.9. The maximum atomic E-state index is 4.32. The second-order valence-electron chi connectivity index (χ2n) is 8.72. The molecule has 0 spiro atoms. The monoisotopic (exact) mass is 309 g/mol. The first-order valence-corrected chi connectivity index (χ1v) is 11.0. The predicted molar refractivity (Wildman–Crippen MR) is 95.0 cm³/mol. The first kappa shape index (κ1) is 17.8. The van der Waals surface area contributed by atoms with E-state index in [2.05, 4.69) is 90.6 Å². The molecule has 1 nitrogen and oxygen atoms in total. The van der Waals surface area contributed by atoms with Crippen LogP contribution in [0.3, 0.4) is 0 Å². The van der Waals surface area contributed by atoms with Crippen LogP contribution in [0.2, 0.25) is 15.1 Å². The van der Waals surface area contributed by atoms with Crippen molar-refractivity contribution in [3.05, 3.63) is 24.5 Å². The average molecular weight is 310 g/mol. The minimum atomic E-state index is -1.76. The number of nitrogens with zero attached hydrogens (tertiary/aromatic N) is 1. The molecule has 1 aromatic heterocycles. The molecule has 0 aromatic carbocycles. The zero-order valence-electron chi connectivity index (χ0n) is 14.7. The van der Waals surface area contributed by atoms with Crippen LogP contribution in [0.1, 0.15) is 62.3 Å². The van der Waals surface area contributed by atoms with Gasteiger partial charge in [0.1, 0.15) is 7.22 Å². The van der Waals surface area contributed by atoms with Crippen LogP contribution in [-0.2, 0) is 0 Å². The lowest BCUT2D eigenvalue weighted by Crippen LogP contribution is -2.55. The molecule has 0 amide bonds. The van der Waals surface area contributed by atoms with Crippen molar-refractivity contribution in [2.75, 3.05) is 0 Å². The van der Waals surface area contributed by atoms with Crippen molar-refractivity contribution in [2.24, 2.45) is 0 Å². The molecule has 0 saturated carbocycles. The third-order valence-corrected chi connectivity index (χ3v) is 18.3. The Labute approximate surface area is 130 Å². The lowest BCUT2D eigenvalue weighted by atomic mass is 10.2. The van der Waals surface area contributed by atoms with E-state index >= 15 is 0 Å². The Morgan fingerprint density at radius 1 is 0.850 bits per heavy atom. The summed E-state index contributed by atoms with van der Waals surface area (Å²) in [5, 5.41) is 0.929. The van der Waals surface area contributed by atoms with Gasteiger partial charge in [-0.15, -0.1) is 11.2 Å². The zero-order valence-corrected chi connectivity index (χ0v) is 16.5. The Hall–Kier alpha value is -0.283. The largest absolute Gasteiger partial charge is 0.264 e.